The molecule has 2 aromatic carbocycles. The van der Waals surface area contributed by atoms with Gasteiger partial charge < -0.3 is 5.32 Å². The molecule has 8 nitrogen and oxygen atoms in total. The second-order valence-corrected chi connectivity index (χ2v) is 10.2. The summed E-state index contributed by atoms with van der Waals surface area (Å²) >= 11 is 2.64. The van der Waals surface area contributed by atoms with Crippen molar-refractivity contribution in [3.8, 4) is 23.1 Å². The third-order valence-electron chi connectivity index (χ3n) is 5.36. The number of hydrogen-bond acceptors (Lipinski definition) is 8. The van der Waals surface area contributed by atoms with Gasteiger partial charge in [-0.25, -0.2) is 19.6 Å². The Hall–Kier alpha value is -4.07. The molecule has 0 aliphatic heterocycles. The first-order valence-corrected chi connectivity index (χ1v) is 12.9. The van der Waals surface area contributed by atoms with Crippen LogP contribution in [0.25, 0.3) is 27.3 Å². The molecular weight excluding hydrogens is 490 g/mol. The van der Waals surface area contributed by atoms with Crippen LogP contribution in [-0.4, -0.2) is 36.4 Å². The summed E-state index contributed by atoms with van der Waals surface area (Å²) in [5.41, 5.74) is 5.27. The normalized spacial score (nSPS) is 10.9. The lowest BCUT2D eigenvalue weighted by atomic mass is 10.1. The zero-order chi connectivity index (χ0) is 25.2. The van der Waals surface area contributed by atoms with Crippen LogP contribution in [0.1, 0.15) is 22.5 Å². The third kappa shape index (κ3) is 4.84. The van der Waals surface area contributed by atoms with Crippen LogP contribution in [0.15, 0.2) is 59.8 Å². The van der Waals surface area contributed by atoms with E-state index in [1.807, 2.05) is 75.4 Å². The van der Waals surface area contributed by atoms with Gasteiger partial charge in [0, 0.05) is 11.3 Å². The standard InChI is InChI=1S/C26H21N7OS2/c1-15-9-10-20-21(11-15)36-26(28-20)29-22(34)14-35-25-30-23(18-7-5-4-6-8-18)19(13-27)24(31-25)33-17(3)12-16(2)32-33/h4-12H,14H2,1-3H3,(H,28,29,34). The highest BCUT2D eigenvalue weighted by atomic mass is 32.2. The number of aryl methyl sites for hydroxylation is 3. The van der Waals surface area contributed by atoms with Crippen molar-refractivity contribution >= 4 is 44.4 Å². The topological polar surface area (TPSA) is 109 Å². The Morgan fingerprint density at radius 1 is 1.08 bits per heavy atom. The van der Waals surface area contributed by atoms with E-state index >= 15 is 0 Å². The minimum absolute atomic E-state index is 0.0889. The second-order valence-electron chi connectivity index (χ2n) is 8.20. The van der Waals surface area contributed by atoms with Crippen molar-refractivity contribution < 1.29 is 4.79 Å². The summed E-state index contributed by atoms with van der Waals surface area (Å²) in [6.07, 6.45) is 0. The Labute approximate surface area is 216 Å². The Balaban J connectivity index is 1.45. The van der Waals surface area contributed by atoms with Gasteiger partial charge in [-0.3, -0.25) is 4.79 Å². The number of hydrogen-bond donors (Lipinski definition) is 1. The third-order valence-corrected chi connectivity index (χ3v) is 7.14. The predicted molar refractivity (Wildman–Crippen MR) is 142 cm³/mol. The van der Waals surface area contributed by atoms with E-state index in [1.54, 1.807) is 4.68 Å². The Morgan fingerprint density at radius 2 is 1.89 bits per heavy atom. The van der Waals surface area contributed by atoms with Crippen molar-refractivity contribution in [2.75, 3.05) is 11.1 Å². The smallest absolute Gasteiger partial charge is 0.236 e. The highest BCUT2D eigenvalue weighted by Crippen LogP contribution is 2.30. The van der Waals surface area contributed by atoms with E-state index in [-0.39, 0.29) is 11.7 Å². The lowest BCUT2D eigenvalue weighted by molar-refractivity contribution is -0.113. The maximum Gasteiger partial charge on any atom is 0.236 e. The summed E-state index contributed by atoms with van der Waals surface area (Å²) in [5, 5.41) is 18.3. The molecule has 0 spiro atoms. The van der Waals surface area contributed by atoms with Crippen LogP contribution in [0.4, 0.5) is 5.13 Å². The van der Waals surface area contributed by atoms with E-state index in [1.165, 1.54) is 23.1 Å². The zero-order valence-corrected chi connectivity index (χ0v) is 21.4. The molecule has 0 saturated heterocycles. The van der Waals surface area contributed by atoms with Gasteiger partial charge in [0.15, 0.2) is 16.1 Å². The maximum atomic E-state index is 12.7. The first kappa shape index (κ1) is 23.7. The number of benzene rings is 2. The van der Waals surface area contributed by atoms with Gasteiger partial charge in [0.1, 0.15) is 11.6 Å². The number of carbonyl (C=O) groups excluding carboxylic acids is 1. The summed E-state index contributed by atoms with van der Waals surface area (Å²) in [6, 6.07) is 19.6. The Kier molecular flexibility index (Phi) is 6.50. The van der Waals surface area contributed by atoms with E-state index < -0.39 is 0 Å². The minimum atomic E-state index is -0.210. The number of aromatic nitrogens is 5. The summed E-state index contributed by atoms with van der Waals surface area (Å²) in [4.78, 5) is 26.5. The monoisotopic (exact) mass is 511 g/mol. The van der Waals surface area contributed by atoms with Crippen molar-refractivity contribution in [1.29, 1.82) is 5.26 Å². The van der Waals surface area contributed by atoms with E-state index in [0.717, 1.165) is 32.7 Å². The fraction of sp³-hybridized carbons (Fsp3) is 0.154. The summed E-state index contributed by atoms with van der Waals surface area (Å²) in [7, 11) is 0. The number of anilines is 1. The van der Waals surface area contributed by atoms with Crippen molar-refractivity contribution in [1.82, 2.24) is 24.7 Å². The van der Waals surface area contributed by atoms with E-state index in [4.69, 9.17) is 0 Å². The van der Waals surface area contributed by atoms with Crippen molar-refractivity contribution in [3.05, 3.63) is 77.1 Å². The molecular formula is C26H21N7OS2. The Bertz CT molecular complexity index is 1630. The molecule has 0 unspecified atom stereocenters. The van der Waals surface area contributed by atoms with Gasteiger partial charge in [-0.1, -0.05) is 59.5 Å². The van der Waals surface area contributed by atoms with Gasteiger partial charge in [-0.2, -0.15) is 10.4 Å². The van der Waals surface area contributed by atoms with Crippen LogP contribution in [0.3, 0.4) is 0 Å². The lowest BCUT2D eigenvalue weighted by Gasteiger charge is -2.12. The zero-order valence-electron chi connectivity index (χ0n) is 19.8. The number of thiazole rings is 1. The molecule has 36 heavy (non-hydrogen) atoms. The molecule has 5 rings (SSSR count). The van der Waals surface area contributed by atoms with Gasteiger partial charge in [0.05, 0.1) is 27.4 Å². The fourth-order valence-corrected chi connectivity index (χ4v) is 5.39. The quantitative estimate of drug-likeness (QED) is 0.238. The SMILES string of the molecule is Cc1ccc2nc(NC(=O)CSc3nc(-c4ccccc4)c(C#N)c(-n4nc(C)cc4C)n3)sc2c1. The average Bonchev–Trinajstić information content (AvgIpc) is 3.43. The number of thioether (sulfide) groups is 1. The number of fused-ring (bicyclic) bond motifs is 1. The van der Waals surface area contributed by atoms with Crippen molar-refractivity contribution in [3.63, 3.8) is 0 Å². The van der Waals surface area contributed by atoms with Crippen LogP contribution in [0, 0.1) is 32.1 Å². The van der Waals surface area contributed by atoms with Crippen LogP contribution in [0.5, 0.6) is 0 Å². The largest absolute Gasteiger partial charge is 0.301 e. The molecule has 178 valence electrons. The summed E-state index contributed by atoms with van der Waals surface area (Å²) in [5.74, 6) is 0.269. The average molecular weight is 512 g/mol. The molecule has 0 radical (unpaired) electrons. The molecule has 0 fully saturated rings. The predicted octanol–water partition coefficient (Wildman–Crippen LogP) is 5.47. The van der Waals surface area contributed by atoms with Gasteiger partial charge >= 0.3 is 0 Å². The van der Waals surface area contributed by atoms with E-state index in [2.05, 4.69) is 31.4 Å². The molecule has 0 bridgehead atoms. The lowest BCUT2D eigenvalue weighted by Crippen LogP contribution is -2.15. The minimum Gasteiger partial charge on any atom is -0.301 e. The van der Waals surface area contributed by atoms with Crippen LogP contribution in [0.2, 0.25) is 0 Å². The molecule has 0 saturated carbocycles. The van der Waals surface area contributed by atoms with E-state index in [9.17, 15) is 10.1 Å². The van der Waals surface area contributed by atoms with Crippen LogP contribution < -0.4 is 5.32 Å². The van der Waals surface area contributed by atoms with Crippen LogP contribution >= 0.6 is 23.1 Å². The number of carbonyl (C=O) groups is 1. The summed E-state index contributed by atoms with van der Waals surface area (Å²) < 4.78 is 2.67. The molecule has 5 aromatic rings. The number of nitrogens with zero attached hydrogens (tertiary/aromatic N) is 6. The molecule has 0 aliphatic carbocycles. The molecule has 0 aliphatic rings. The molecule has 3 heterocycles. The van der Waals surface area contributed by atoms with Gasteiger partial charge in [0.25, 0.3) is 0 Å². The van der Waals surface area contributed by atoms with Crippen molar-refractivity contribution in [2.45, 2.75) is 25.9 Å². The molecule has 10 heteroatoms. The van der Waals surface area contributed by atoms with Gasteiger partial charge in [0.2, 0.25) is 5.91 Å². The highest BCUT2D eigenvalue weighted by molar-refractivity contribution is 7.99. The van der Waals surface area contributed by atoms with E-state index in [0.29, 0.717) is 27.4 Å². The first-order valence-electron chi connectivity index (χ1n) is 11.1. The highest BCUT2D eigenvalue weighted by Gasteiger charge is 2.20. The molecule has 1 N–H and O–H groups in total. The van der Waals surface area contributed by atoms with Gasteiger partial charge in [-0.05, 0) is 44.5 Å². The van der Waals surface area contributed by atoms with Crippen LogP contribution in [-0.2, 0) is 4.79 Å². The number of amides is 1. The second kappa shape index (κ2) is 9.89. The Morgan fingerprint density at radius 3 is 2.61 bits per heavy atom. The van der Waals surface area contributed by atoms with Crippen molar-refractivity contribution in [2.24, 2.45) is 0 Å². The molecule has 3 aromatic heterocycles. The number of rotatable bonds is 6. The number of nitriles is 1. The number of nitrogens with one attached hydrogen (secondary N) is 1. The fourth-order valence-electron chi connectivity index (χ4n) is 3.77. The van der Waals surface area contributed by atoms with Gasteiger partial charge in [-0.15, -0.1) is 0 Å². The first-order chi connectivity index (χ1) is 17.4. The maximum absolute atomic E-state index is 12.7. The molecule has 0 atom stereocenters. The summed E-state index contributed by atoms with van der Waals surface area (Å²) in [6.45, 7) is 5.82. The molecule has 1 amide bonds.